The van der Waals surface area contributed by atoms with Gasteiger partial charge in [-0.15, -0.1) is 0 Å². The van der Waals surface area contributed by atoms with Gasteiger partial charge in [0.05, 0.1) is 12.7 Å². The van der Waals surface area contributed by atoms with Crippen LogP contribution in [0.15, 0.2) is 48.1 Å². The van der Waals surface area contributed by atoms with Crippen LogP contribution in [0.1, 0.15) is 55.6 Å². The van der Waals surface area contributed by atoms with Gasteiger partial charge in [-0.1, -0.05) is 55.3 Å². The molecular weight excluding hydrogens is 306 g/mol. The largest absolute Gasteiger partial charge is 0.373 e. The number of allylic oxidation sites excluding steroid dienone is 2. The molecule has 2 unspecified atom stereocenters. The zero-order valence-electron chi connectivity index (χ0n) is 15.7. The van der Waals surface area contributed by atoms with Gasteiger partial charge in [-0.05, 0) is 61.9 Å². The summed E-state index contributed by atoms with van der Waals surface area (Å²) >= 11 is 0. The van der Waals surface area contributed by atoms with Crippen molar-refractivity contribution in [3.8, 4) is 0 Å². The van der Waals surface area contributed by atoms with E-state index in [2.05, 4.69) is 61.5 Å². The standard InChI is InChI=1S/C23H31NO/c1-24(2)16-18-5-9-20(10-6-18)21-11-7-19(8-12-21)17-25-22-15-23(22)13-3-4-14-23/h5-11,21-22H,3-4,12-17H2,1-2H3. The second-order valence-corrected chi connectivity index (χ2v) is 8.53. The predicted octanol–water partition coefficient (Wildman–Crippen LogP) is 5.07. The highest BCUT2D eigenvalue weighted by Gasteiger charge is 2.56. The monoisotopic (exact) mass is 337 g/mol. The Morgan fingerprint density at radius 3 is 2.52 bits per heavy atom. The van der Waals surface area contributed by atoms with E-state index in [0.717, 1.165) is 19.6 Å². The molecule has 0 N–H and O–H groups in total. The SMILES string of the molecule is CN(C)Cc1ccc(C2C=CC(COC3CC34CCCC4)=CC2)cc1. The highest BCUT2D eigenvalue weighted by molar-refractivity contribution is 5.34. The normalized spacial score (nSPS) is 27.1. The molecule has 0 aliphatic heterocycles. The van der Waals surface area contributed by atoms with E-state index in [0.29, 0.717) is 17.4 Å². The summed E-state index contributed by atoms with van der Waals surface area (Å²) in [7, 11) is 4.23. The Bertz CT molecular complexity index is 649. The van der Waals surface area contributed by atoms with Crippen LogP contribution >= 0.6 is 0 Å². The van der Waals surface area contributed by atoms with Gasteiger partial charge in [0, 0.05) is 12.5 Å². The Morgan fingerprint density at radius 2 is 1.88 bits per heavy atom. The van der Waals surface area contributed by atoms with E-state index in [9.17, 15) is 0 Å². The quantitative estimate of drug-likeness (QED) is 0.719. The third-order valence-corrected chi connectivity index (χ3v) is 6.25. The van der Waals surface area contributed by atoms with Crippen molar-refractivity contribution < 1.29 is 4.74 Å². The van der Waals surface area contributed by atoms with Crippen LogP contribution in [-0.2, 0) is 11.3 Å². The van der Waals surface area contributed by atoms with Crippen LogP contribution in [0.4, 0.5) is 0 Å². The first-order chi connectivity index (χ1) is 12.1. The highest BCUT2D eigenvalue weighted by Crippen LogP contribution is 2.59. The van der Waals surface area contributed by atoms with E-state index in [1.807, 2.05) is 0 Å². The Kier molecular flexibility index (Phi) is 4.84. The summed E-state index contributed by atoms with van der Waals surface area (Å²) in [6.45, 7) is 1.81. The van der Waals surface area contributed by atoms with Crippen molar-refractivity contribution in [2.45, 2.75) is 57.1 Å². The fourth-order valence-corrected chi connectivity index (χ4v) is 4.60. The van der Waals surface area contributed by atoms with Crippen LogP contribution in [-0.4, -0.2) is 31.7 Å². The van der Waals surface area contributed by atoms with Gasteiger partial charge in [0.1, 0.15) is 0 Å². The lowest BCUT2D eigenvalue weighted by atomic mass is 9.90. The summed E-state index contributed by atoms with van der Waals surface area (Å²) in [5, 5.41) is 0. The molecule has 0 heterocycles. The molecule has 25 heavy (non-hydrogen) atoms. The Balaban J connectivity index is 1.27. The van der Waals surface area contributed by atoms with Crippen molar-refractivity contribution in [2.24, 2.45) is 5.41 Å². The van der Waals surface area contributed by atoms with Crippen LogP contribution in [0.3, 0.4) is 0 Å². The Labute approximate surface area is 152 Å². The molecule has 2 heteroatoms. The van der Waals surface area contributed by atoms with E-state index in [-0.39, 0.29) is 0 Å². The average molecular weight is 338 g/mol. The smallest absolute Gasteiger partial charge is 0.0717 e. The third-order valence-electron chi connectivity index (χ3n) is 6.25. The molecule has 0 saturated heterocycles. The first-order valence-corrected chi connectivity index (χ1v) is 9.87. The van der Waals surface area contributed by atoms with Crippen molar-refractivity contribution in [2.75, 3.05) is 20.7 Å². The minimum absolute atomic E-state index is 0.513. The average Bonchev–Trinajstić information content (AvgIpc) is 3.06. The predicted molar refractivity (Wildman–Crippen MR) is 104 cm³/mol. The Morgan fingerprint density at radius 1 is 1.12 bits per heavy atom. The molecule has 2 fully saturated rings. The van der Waals surface area contributed by atoms with Crippen LogP contribution < -0.4 is 0 Å². The number of benzene rings is 1. The summed E-state index contributed by atoms with van der Waals surface area (Å²) in [5.41, 5.74) is 4.75. The lowest BCUT2D eigenvalue weighted by molar-refractivity contribution is 0.110. The molecule has 2 atom stereocenters. The van der Waals surface area contributed by atoms with Crippen molar-refractivity contribution in [3.63, 3.8) is 0 Å². The molecular formula is C23H31NO. The lowest BCUT2D eigenvalue weighted by Crippen LogP contribution is -2.10. The van der Waals surface area contributed by atoms with Crippen molar-refractivity contribution in [3.05, 3.63) is 59.2 Å². The van der Waals surface area contributed by atoms with Crippen LogP contribution in [0.5, 0.6) is 0 Å². The molecule has 2 saturated carbocycles. The summed E-state index contributed by atoms with van der Waals surface area (Å²) in [4.78, 5) is 2.21. The van der Waals surface area contributed by atoms with E-state index >= 15 is 0 Å². The van der Waals surface area contributed by atoms with Gasteiger partial charge in [-0.25, -0.2) is 0 Å². The summed E-state index contributed by atoms with van der Waals surface area (Å²) in [6, 6.07) is 9.10. The van der Waals surface area contributed by atoms with Gasteiger partial charge in [0.15, 0.2) is 0 Å². The second-order valence-electron chi connectivity index (χ2n) is 8.53. The van der Waals surface area contributed by atoms with E-state index in [4.69, 9.17) is 4.74 Å². The molecule has 0 bridgehead atoms. The minimum atomic E-state index is 0.513. The van der Waals surface area contributed by atoms with Gasteiger partial charge in [0.2, 0.25) is 0 Å². The Hall–Kier alpha value is -1.38. The number of nitrogens with zero attached hydrogens (tertiary/aromatic N) is 1. The summed E-state index contributed by atoms with van der Waals surface area (Å²) in [6.07, 6.45) is 15.6. The van der Waals surface area contributed by atoms with Gasteiger partial charge in [-0.3, -0.25) is 0 Å². The maximum absolute atomic E-state index is 6.20. The van der Waals surface area contributed by atoms with Gasteiger partial charge < -0.3 is 9.64 Å². The van der Waals surface area contributed by atoms with E-state index < -0.39 is 0 Å². The topological polar surface area (TPSA) is 12.5 Å². The van der Waals surface area contributed by atoms with Crippen molar-refractivity contribution in [1.29, 1.82) is 0 Å². The fourth-order valence-electron chi connectivity index (χ4n) is 4.60. The minimum Gasteiger partial charge on any atom is -0.373 e. The molecule has 1 spiro atoms. The molecule has 0 aromatic heterocycles. The zero-order chi connectivity index (χ0) is 17.3. The molecule has 0 amide bonds. The number of hydrogen-bond donors (Lipinski definition) is 0. The molecule has 2 nitrogen and oxygen atoms in total. The van der Waals surface area contributed by atoms with Gasteiger partial charge in [-0.2, -0.15) is 0 Å². The molecule has 1 aromatic carbocycles. The van der Waals surface area contributed by atoms with Crippen LogP contribution in [0.2, 0.25) is 0 Å². The third kappa shape index (κ3) is 3.91. The maximum Gasteiger partial charge on any atom is 0.0717 e. The maximum atomic E-state index is 6.20. The molecule has 3 aliphatic carbocycles. The van der Waals surface area contributed by atoms with E-state index in [1.54, 1.807) is 0 Å². The van der Waals surface area contributed by atoms with Gasteiger partial charge >= 0.3 is 0 Å². The number of ether oxygens (including phenoxy) is 1. The number of rotatable bonds is 6. The number of hydrogen-bond acceptors (Lipinski definition) is 2. The van der Waals surface area contributed by atoms with Crippen molar-refractivity contribution >= 4 is 0 Å². The lowest BCUT2D eigenvalue weighted by Gasteiger charge is -2.18. The molecule has 1 aromatic rings. The fraction of sp³-hybridized carbons (Fsp3) is 0.565. The molecule has 0 radical (unpaired) electrons. The molecule has 4 rings (SSSR count). The first kappa shape index (κ1) is 17.1. The van der Waals surface area contributed by atoms with Crippen molar-refractivity contribution in [1.82, 2.24) is 4.90 Å². The highest BCUT2D eigenvalue weighted by atomic mass is 16.5. The van der Waals surface area contributed by atoms with E-state index in [1.165, 1.54) is 48.8 Å². The summed E-state index contributed by atoms with van der Waals surface area (Å²) < 4.78 is 6.20. The molecule has 3 aliphatic rings. The van der Waals surface area contributed by atoms with Gasteiger partial charge in [0.25, 0.3) is 0 Å². The van der Waals surface area contributed by atoms with Crippen LogP contribution in [0.25, 0.3) is 0 Å². The first-order valence-electron chi connectivity index (χ1n) is 9.87. The summed E-state index contributed by atoms with van der Waals surface area (Å²) in [5.74, 6) is 0.513. The van der Waals surface area contributed by atoms with Crippen LogP contribution in [0, 0.1) is 5.41 Å². The second kappa shape index (κ2) is 7.09. The zero-order valence-corrected chi connectivity index (χ0v) is 15.7. The molecule has 134 valence electrons.